The van der Waals surface area contributed by atoms with Crippen LogP contribution in [0.3, 0.4) is 0 Å². The molecule has 0 saturated heterocycles. The van der Waals surface area contributed by atoms with Crippen LogP contribution in [-0.4, -0.2) is 31.5 Å². The van der Waals surface area contributed by atoms with E-state index >= 15 is 0 Å². The molecule has 1 N–H and O–H groups in total. The molecule has 0 spiro atoms. The predicted octanol–water partition coefficient (Wildman–Crippen LogP) is 2.78. The first kappa shape index (κ1) is 13.8. The van der Waals surface area contributed by atoms with Gasteiger partial charge in [0.05, 0.1) is 17.7 Å². The average molecular weight is 282 g/mol. The number of nitrogens with one attached hydrogen (secondary N) is 1. The zero-order valence-electron chi connectivity index (χ0n) is 8.83. The number of methoxy groups -OCH3 is 1. The zero-order valence-corrected chi connectivity index (χ0v) is 11.2. The maximum Gasteiger partial charge on any atom is 0.263 e. The van der Waals surface area contributed by atoms with Crippen LogP contribution in [0.4, 0.5) is 0 Å². The lowest BCUT2D eigenvalue weighted by atomic mass is 10.2. The van der Waals surface area contributed by atoms with Gasteiger partial charge in [-0.1, -0.05) is 11.6 Å². The number of hydrogen-bond donors (Lipinski definition) is 1. The summed E-state index contributed by atoms with van der Waals surface area (Å²) in [7, 11) is 1.59. The molecular weight excluding hydrogens is 269 g/mol. The normalized spacial score (nSPS) is 12.4. The van der Waals surface area contributed by atoms with E-state index < -0.39 is 0 Å². The summed E-state index contributed by atoms with van der Waals surface area (Å²) < 4.78 is 5.00. The summed E-state index contributed by atoms with van der Waals surface area (Å²) in [5, 5.41) is 5.10. The van der Waals surface area contributed by atoms with Gasteiger partial charge < -0.3 is 10.1 Å². The van der Waals surface area contributed by atoms with Crippen LogP contribution in [0.1, 0.15) is 16.1 Å². The highest BCUT2D eigenvalue weighted by Crippen LogP contribution is 2.21. The predicted molar refractivity (Wildman–Crippen MR) is 67.8 cm³/mol. The largest absolute Gasteiger partial charge is 0.383 e. The van der Waals surface area contributed by atoms with Crippen molar-refractivity contribution in [2.45, 2.75) is 12.5 Å². The minimum absolute atomic E-state index is 0.0758. The number of alkyl halides is 1. The first-order valence-electron chi connectivity index (χ1n) is 4.77. The molecule has 3 nitrogen and oxygen atoms in total. The lowest BCUT2D eigenvalue weighted by Gasteiger charge is -2.16. The summed E-state index contributed by atoms with van der Waals surface area (Å²) in [5.74, 6) is 0.305. The molecule has 0 saturated carbocycles. The van der Waals surface area contributed by atoms with Gasteiger partial charge in [-0.2, -0.15) is 0 Å². The van der Waals surface area contributed by atoms with E-state index in [0.717, 1.165) is 0 Å². The summed E-state index contributed by atoms with van der Waals surface area (Å²) in [6.07, 6.45) is 0.671. The third kappa shape index (κ3) is 3.94. The van der Waals surface area contributed by atoms with Gasteiger partial charge >= 0.3 is 0 Å². The number of thiophene rings is 1. The Bertz CT molecular complexity index is 337. The van der Waals surface area contributed by atoms with E-state index in [0.29, 0.717) is 28.8 Å². The minimum Gasteiger partial charge on any atom is -0.383 e. The van der Waals surface area contributed by atoms with Crippen molar-refractivity contribution in [2.24, 2.45) is 0 Å². The van der Waals surface area contributed by atoms with Crippen molar-refractivity contribution < 1.29 is 9.53 Å². The quantitative estimate of drug-likeness (QED) is 0.815. The molecule has 90 valence electrons. The molecule has 1 unspecified atom stereocenters. The third-order valence-corrected chi connectivity index (χ3v) is 3.54. The van der Waals surface area contributed by atoms with Gasteiger partial charge in [-0.25, -0.2) is 0 Å². The van der Waals surface area contributed by atoms with E-state index in [1.165, 1.54) is 11.3 Å². The number of hydrogen-bond acceptors (Lipinski definition) is 3. The van der Waals surface area contributed by atoms with Crippen LogP contribution in [0, 0.1) is 0 Å². The molecule has 0 aliphatic carbocycles. The molecule has 1 rings (SSSR count). The van der Waals surface area contributed by atoms with Gasteiger partial charge in [-0.15, -0.1) is 22.9 Å². The van der Waals surface area contributed by atoms with Crippen LogP contribution in [-0.2, 0) is 4.74 Å². The van der Waals surface area contributed by atoms with Crippen molar-refractivity contribution in [3.63, 3.8) is 0 Å². The minimum atomic E-state index is -0.174. The molecule has 1 aromatic heterocycles. The summed E-state index contributed by atoms with van der Waals surface area (Å²) in [4.78, 5) is 12.3. The van der Waals surface area contributed by atoms with Crippen molar-refractivity contribution >= 4 is 40.4 Å². The standard InChI is InChI=1S/C10H13Cl2NO2S/c1-15-6-7(2-4-11)13-10(14)9-8(12)3-5-16-9/h3,5,7H,2,4,6H2,1H3,(H,13,14). The molecule has 0 aliphatic rings. The summed E-state index contributed by atoms with van der Waals surface area (Å²) in [6.45, 7) is 0.446. The van der Waals surface area contributed by atoms with Gasteiger partial charge in [0.25, 0.3) is 5.91 Å². The molecule has 1 amide bonds. The highest BCUT2D eigenvalue weighted by molar-refractivity contribution is 7.12. The summed E-state index contributed by atoms with van der Waals surface area (Å²) in [6, 6.07) is 1.63. The number of ether oxygens (including phenoxy) is 1. The van der Waals surface area contributed by atoms with Crippen LogP contribution < -0.4 is 5.32 Å². The molecule has 0 radical (unpaired) electrons. The molecular formula is C10H13Cl2NO2S. The van der Waals surface area contributed by atoms with Gasteiger partial charge in [-0.3, -0.25) is 4.79 Å². The Labute approximate surface area is 109 Å². The van der Waals surface area contributed by atoms with E-state index in [1.54, 1.807) is 18.6 Å². The molecule has 6 heteroatoms. The highest BCUT2D eigenvalue weighted by Gasteiger charge is 2.16. The van der Waals surface area contributed by atoms with E-state index in [2.05, 4.69) is 5.32 Å². The van der Waals surface area contributed by atoms with Crippen molar-refractivity contribution in [3.05, 3.63) is 21.3 Å². The van der Waals surface area contributed by atoms with E-state index in [4.69, 9.17) is 27.9 Å². The van der Waals surface area contributed by atoms with Crippen LogP contribution in [0.25, 0.3) is 0 Å². The van der Waals surface area contributed by atoms with Gasteiger partial charge in [0.2, 0.25) is 0 Å². The number of carbonyl (C=O) groups is 1. The van der Waals surface area contributed by atoms with Crippen LogP contribution in [0.5, 0.6) is 0 Å². The Morgan fingerprint density at radius 3 is 2.94 bits per heavy atom. The molecule has 1 aromatic rings. The molecule has 0 aromatic carbocycles. The van der Waals surface area contributed by atoms with Crippen molar-refractivity contribution in [1.82, 2.24) is 5.32 Å². The number of carbonyl (C=O) groups excluding carboxylic acids is 1. The Balaban J connectivity index is 2.58. The molecule has 0 bridgehead atoms. The van der Waals surface area contributed by atoms with Crippen LogP contribution in [0.15, 0.2) is 11.4 Å². The first-order valence-corrected chi connectivity index (χ1v) is 6.57. The molecule has 1 heterocycles. The van der Waals surface area contributed by atoms with Gasteiger partial charge in [0.15, 0.2) is 0 Å². The second-order valence-corrected chi connectivity index (χ2v) is 4.90. The van der Waals surface area contributed by atoms with Gasteiger partial charge in [-0.05, 0) is 17.9 Å². The van der Waals surface area contributed by atoms with Crippen molar-refractivity contribution in [2.75, 3.05) is 19.6 Å². The van der Waals surface area contributed by atoms with Gasteiger partial charge in [0.1, 0.15) is 4.88 Å². The fourth-order valence-electron chi connectivity index (χ4n) is 1.24. The average Bonchev–Trinajstić information content (AvgIpc) is 2.65. The molecule has 0 aliphatic heterocycles. The van der Waals surface area contributed by atoms with E-state index in [-0.39, 0.29) is 11.9 Å². The molecule has 0 fully saturated rings. The number of amides is 1. The maximum absolute atomic E-state index is 11.8. The van der Waals surface area contributed by atoms with E-state index in [1.807, 2.05) is 0 Å². The van der Waals surface area contributed by atoms with Crippen LogP contribution in [0.2, 0.25) is 5.02 Å². The Kier molecular flexibility index (Phi) is 6.13. The second kappa shape index (κ2) is 7.12. The van der Waals surface area contributed by atoms with Crippen molar-refractivity contribution in [3.8, 4) is 0 Å². The van der Waals surface area contributed by atoms with Crippen molar-refractivity contribution in [1.29, 1.82) is 0 Å². The Morgan fingerprint density at radius 2 is 2.44 bits per heavy atom. The molecule has 1 atom stereocenters. The SMILES string of the molecule is COCC(CCCl)NC(=O)c1sccc1Cl. The third-order valence-electron chi connectivity index (χ3n) is 1.98. The fraction of sp³-hybridized carbons (Fsp3) is 0.500. The van der Waals surface area contributed by atoms with Crippen LogP contribution >= 0.6 is 34.5 Å². The number of halogens is 2. The summed E-state index contributed by atoms with van der Waals surface area (Å²) in [5.41, 5.74) is 0. The maximum atomic E-state index is 11.8. The first-order chi connectivity index (χ1) is 7.69. The zero-order chi connectivity index (χ0) is 12.0. The monoisotopic (exact) mass is 281 g/mol. The summed E-state index contributed by atoms with van der Waals surface area (Å²) >= 11 is 12.8. The lowest BCUT2D eigenvalue weighted by Crippen LogP contribution is -2.38. The lowest BCUT2D eigenvalue weighted by molar-refractivity contribution is 0.0899. The fourth-order valence-corrected chi connectivity index (χ4v) is 2.54. The molecule has 16 heavy (non-hydrogen) atoms. The second-order valence-electron chi connectivity index (χ2n) is 3.20. The van der Waals surface area contributed by atoms with E-state index in [9.17, 15) is 4.79 Å². The smallest absolute Gasteiger partial charge is 0.263 e. The number of rotatable bonds is 6. The Morgan fingerprint density at radius 1 is 1.69 bits per heavy atom. The highest BCUT2D eigenvalue weighted by atomic mass is 35.5. The van der Waals surface area contributed by atoms with Gasteiger partial charge in [0, 0.05) is 13.0 Å². The topological polar surface area (TPSA) is 38.3 Å². The Hall–Kier alpha value is -0.290.